The highest BCUT2D eigenvalue weighted by Crippen LogP contribution is 2.36. The SMILES string of the molecule is CC(C)NC(=O)NCc1ccccc1Cn1c(C(=O)NS(C)(=O)=O)c(-c2ccc[nH]c2=O)c2cc(Cl)ccc21. The molecule has 0 aliphatic rings. The van der Waals surface area contributed by atoms with Crippen molar-refractivity contribution in [1.82, 2.24) is 24.9 Å². The van der Waals surface area contributed by atoms with Gasteiger partial charge in [-0.25, -0.2) is 17.9 Å². The zero-order valence-corrected chi connectivity index (χ0v) is 23.1. The lowest BCUT2D eigenvalue weighted by Crippen LogP contribution is -2.39. The van der Waals surface area contributed by atoms with Crippen molar-refractivity contribution in [3.63, 3.8) is 0 Å². The van der Waals surface area contributed by atoms with Crippen LogP contribution < -0.4 is 20.9 Å². The predicted octanol–water partition coefficient (Wildman–Crippen LogP) is 3.60. The predicted molar refractivity (Wildman–Crippen MR) is 151 cm³/mol. The summed E-state index contributed by atoms with van der Waals surface area (Å²) in [5.41, 5.74) is 2.10. The van der Waals surface area contributed by atoms with E-state index in [0.717, 1.165) is 17.4 Å². The summed E-state index contributed by atoms with van der Waals surface area (Å²) < 4.78 is 27.8. The highest BCUT2D eigenvalue weighted by atomic mass is 35.5. The maximum Gasteiger partial charge on any atom is 0.315 e. The zero-order valence-electron chi connectivity index (χ0n) is 21.5. The third kappa shape index (κ3) is 6.50. The van der Waals surface area contributed by atoms with Crippen molar-refractivity contribution < 1.29 is 18.0 Å². The number of urea groups is 1. The number of fused-ring (bicyclic) bond motifs is 1. The van der Waals surface area contributed by atoms with E-state index in [1.54, 1.807) is 34.9 Å². The number of rotatable bonds is 8. The van der Waals surface area contributed by atoms with Gasteiger partial charge in [-0.3, -0.25) is 9.59 Å². The number of hydrogen-bond acceptors (Lipinski definition) is 5. The number of aromatic nitrogens is 2. The molecule has 4 aromatic rings. The van der Waals surface area contributed by atoms with Crippen LogP contribution in [0.15, 0.2) is 65.6 Å². The summed E-state index contributed by atoms with van der Waals surface area (Å²) in [7, 11) is -3.93. The molecular formula is C27H28ClN5O5S. The van der Waals surface area contributed by atoms with E-state index < -0.39 is 21.5 Å². The number of aromatic amines is 1. The zero-order chi connectivity index (χ0) is 28.3. The van der Waals surface area contributed by atoms with Crippen molar-refractivity contribution in [1.29, 1.82) is 0 Å². The van der Waals surface area contributed by atoms with Crippen LogP contribution in [0.3, 0.4) is 0 Å². The van der Waals surface area contributed by atoms with Crippen molar-refractivity contribution >= 4 is 44.5 Å². The van der Waals surface area contributed by atoms with Crippen molar-refractivity contribution in [3.8, 4) is 11.1 Å². The average molecular weight is 570 g/mol. The van der Waals surface area contributed by atoms with Gasteiger partial charge in [-0.1, -0.05) is 35.9 Å². The van der Waals surface area contributed by atoms with E-state index in [2.05, 4.69) is 15.6 Å². The molecule has 0 aliphatic carbocycles. The van der Waals surface area contributed by atoms with Crippen molar-refractivity contribution in [2.75, 3.05) is 6.26 Å². The monoisotopic (exact) mass is 569 g/mol. The summed E-state index contributed by atoms with van der Waals surface area (Å²) >= 11 is 6.32. The quantitative estimate of drug-likeness (QED) is 0.256. The molecule has 0 saturated carbocycles. The molecule has 10 nitrogen and oxygen atoms in total. The van der Waals surface area contributed by atoms with Crippen molar-refractivity contribution in [2.45, 2.75) is 33.0 Å². The number of amides is 3. The number of nitrogens with one attached hydrogen (secondary N) is 4. The molecule has 12 heteroatoms. The largest absolute Gasteiger partial charge is 0.336 e. The molecule has 2 aromatic carbocycles. The molecule has 4 rings (SSSR count). The lowest BCUT2D eigenvalue weighted by atomic mass is 10.0. The first-order valence-electron chi connectivity index (χ1n) is 12.1. The molecule has 0 radical (unpaired) electrons. The normalized spacial score (nSPS) is 11.5. The van der Waals surface area contributed by atoms with E-state index in [1.807, 2.05) is 42.8 Å². The van der Waals surface area contributed by atoms with Gasteiger partial charge >= 0.3 is 6.03 Å². The Morgan fingerprint density at radius 2 is 1.77 bits per heavy atom. The van der Waals surface area contributed by atoms with Gasteiger partial charge in [0.15, 0.2) is 0 Å². The summed E-state index contributed by atoms with van der Waals surface area (Å²) in [6, 6.07) is 15.2. The minimum atomic E-state index is -3.93. The van der Waals surface area contributed by atoms with Crippen LogP contribution in [-0.2, 0) is 23.1 Å². The molecule has 0 saturated heterocycles. The van der Waals surface area contributed by atoms with Crippen molar-refractivity contribution in [3.05, 3.63) is 93.0 Å². The Morgan fingerprint density at radius 3 is 2.44 bits per heavy atom. The number of H-pyrrole nitrogens is 1. The molecule has 0 fully saturated rings. The van der Waals surface area contributed by atoms with Crippen LogP contribution in [0.5, 0.6) is 0 Å². The second kappa shape index (κ2) is 11.3. The highest BCUT2D eigenvalue weighted by molar-refractivity contribution is 7.89. The van der Waals surface area contributed by atoms with Gasteiger partial charge in [0, 0.05) is 52.4 Å². The first kappa shape index (κ1) is 27.9. The summed E-state index contributed by atoms with van der Waals surface area (Å²) in [6.07, 6.45) is 2.35. The molecule has 0 aliphatic heterocycles. The van der Waals surface area contributed by atoms with Crippen LogP contribution in [-0.4, -0.2) is 42.2 Å². The Labute approximate surface area is 230 Å². The fraction of sp³-hybridized carbons (Fsp3) is 0.222. The standard InChI is InChI=1S/C27H28ClN5O5S/c1-16(2)31-27(36)30-14-17-7-4-5-8-18(17)15-33-22-11-10-19(28)13-21(22)23(20-9-6-12-29-25(20)34)24(33)26(35)32-39(3,37)38/h4-13,16H,14-15H2,1-3H3,(H,29,34)(H,32,35)(H2,30,31,36). The van der Waals surface area contributed by atoms with Crippen LogP contribution in [0.4, 0.5) is 4.79 Å². The van der Waals surface area contributed by atoms with Gasteiger partial charge in [-0.05, 0) is 55.3 Å². The third-order valence-corrected chi connectivity index (χ3v) is 6.70. The summed E-state index contributed by atoms with van der Waals surface area (Å²) in [5.74, 6) is -0.894. The average Bonchev–Trinajstić information content (AvgIpc) is 3.15. The molecule has 3 amide bonds. The Balaban J connectivity index is 1.91. The Hall–Kier alpha value is -4.09. The second-order valence-electron chi connectivity index (χ2n) is 9.34. The molecule has 0 bridgehead atoms. The van der Waals surface area contributed by atoms with E-state index in [-0.39, 0.29) is 42.0 Å². The molecular weight excluding hydrogens is 542 g/mol. The third-order valence-electron chi connectivity index (χ3n) is 5.91. The minimum absolute atomic E-state index is 0.0188. The van der Waals surface area contributed by atoms with Crippen LogP contribution in [0, 0.1) is 0 Å². The number of hydrogen-bond donors (Lipinski definition) is 4. The van der Waals surface area contributed by atoms with Crippen molar-refractivity contribution in [2.24, 2.45) is 0 Å². The van der Waals surface area contributed by atoms with Gasteiger partial charge in [-0.15, -0.1) is 0 Å². The first-order valence-corrected chi connectivity index (χ1v) is 14.3. The van der Waals surface area contributed by atoms with E-state index >= 15 is 0 Å². The second-order valence-corrected chi connectivity index (χ2v) is 11.5. The molecule has 0 unspecified atom stereocenters. The summed E-state index contributed by atoms with van der Waals surface area (Å²) in [4.78, 5) is 41.2. The van der Waals surface area contributed by atoms with E-state index in [9.17, 15) is 22.8 Å². The summed E-state index contributed by atoms with van der Waals surface area (Å²) in [5, 5.41) is 6.48. The molecule has 39 heavy (non-hydrogen) atoms. The fourth-order valence-corrected chi connectivity index (χ4v) is 4.98. The maximum atomic E-state index is 13.5. The van der Waals surface area contributed by atoms with Gasteiger partial charge in [0.2, 0.25) is 10.0 Å². The number of carbonyl (C=O) groups excluding carboxylic acids is 2. The van der Waals surface area contributed by atoms with Crippen LogP contribution in [0.2, 0.25) is 5.02 Å². The van der Waals surface area contributed by atoms with Gasteiger partial charge in [-0.2, -0.15) is 0 Å². The van der Waals surface area contributed by atoms with Crippen LogP contribution >= 0.6 is 11.6 Å². The summed E-state index contributed by atoms with van der Waals surface area (Å²) in [6.45, 7) is 4.07. The topological polar surface area (TPSA) is 142 Å². The minimum Gasteiger partial charge on any atom is -0.336 e. The highest BCUT2D eigenvalue weighted by Gasteiger charge is 2.27. The number of nitrogens with zero attached hydrogens (tertiary/aromatic N) is 1. The van der Waals surface area contributed by atoms with Gasteiger partial charge in [0.1, 0.15) is 5.69 Å². The Morgan fingerprint density at radius 1 is 1.05 bits per heavy atom. The van der Waals surface area contributed by atoms with Gasteiger partial charge in [0.25, 0.3) is 11.5 Å². The van der Waals surface area contributed by atoms with E-state index in [4.69, 9.17) is 11.6 Å². The van der Waals surface area contributed by atoms with E-state index in [1.165, 1.54) is 6.20 Å². The molecule has 204 valence electrons. The number of pyridine rings is 1. The lowest BCUT2D eigenvalue weighted by molar-refractivity contribution is 0.0974. The number of halogens is 1. The molecule has 4 N–H and O–H groups in total. The Kier molecular flexibility index (Phi) is 8.12. The van der Waals surface area contributed by atoms with Crippen LogP contribution in [0.25, 0.3) is 22.0 Å². The first-order chi connectivity index (χ1) is 18.4. The van der Waals surface area contributed by atoms with Gasteiger partial charge < -0.3 is 20.2 Å². The molecule has 2 aromatic heterocycles. The fourth-order valence-electron chi connectivity index (χ4n) is 4.38. The van der Waals surface area contributed by atoms with Gasteiger partial charge in [0.05, 0.1) is 6.26 Å². The Bertz CT molecular complexity index is 1730. The number of benzene rings is 2. The van der Waals surface area contributed by atoms with Crippen LogP contribution in [0.1, 0.15) is 35.5 Å². The number of carbonyl (C=O) groups is 2. The van der Waals surface area contributed by atoms with E-state index in [0.29, 0.717) is 15.9 Å². The lowest BCUT2D eigenvalue weighted by Gasteiger charge is -2.16. The molecule has 0 spiro atoms. The maximum absolute atomic E-state index is 13.5. The molecule has 2 heterocycles. The number of sulfonamides is 1. The molecule has 0 atom stereocenters. The smallest absolute Gasteiger partial charge is 0.315 e.